The lowest BCUT2D eigenvalue weighted by Gasteiger charge is -2.19. The maximum absolute atomic E-state index is 12.4. The third kappa shape index (κ3) is 5.13. The van der Waals surface area contributed by atoms with Crippen molar-refractivity contribution < 1.29 is 18.7 Å². The van der Waals surface area contributed by atoms with Gasteiger partial charge >= 0.3 is 5.97 Å². The number of esters is 1. The van der Waals surface area contributed by atoms with Crippen molar-refractivity contribution in [2.75, 3.05) is 6.61 Å². The SMILES string of the molecule is CC(C)[C@@H](C(=O)OCC(=O)NCc1ccco1)c1ccc(Cl)cc1. The van der Waals surface area contributed by atoms with Gasteiger partial charge in [-0.2, -0.15) is 0 Å². The number of benzene rings is 1. The van der Waals surface area contributed by atoms with Gasteiger partial charge in [-0.1, -0.05) is 37.6 Å². The molecule has 1 amide bonds. The first-order chi connectivity index (χ1) is 11.5. The van der Waals surface area contributed by atoms with Crippen LogP contribution in [0.2, 0.25) is 5.02 Å². The highest BCUT2D eigenvalue weighted by molar-refractivity contribution is 6.30. The lowest BCUT2D eigenvalue weighted by Crippen LogP contribution is -2.30. The van der Waals surface area contributed by atoms with Crippen LogP contribution in [0.5, 0.6) is 0 Å². The average molecular weight is 350 g/mol. The van der Waals surface area contributed by atoms with E-state index in [-0.39, 0.29) is 25.0 Å². The zero-order valence-electron chi connectivity index (χ0n) is 13.6. The highest BCUT2D eigenvalue weighted by Crippen LogP contribution is 2.27. The van der Waals surface area contributed by atoms with Crippen LogP contribution in [0.25, 0.3) is 0 Å². The van der Waals surface area contributed by atoms with Crippen molar-refractivity contribution in [2.24, 2.45) is 5.92 Å². The summed E-state index contributed by atoms with van der Waals surface area (Å²) in [7, 11) is 0. The van der Waals surface area contributed by atoms with Crippen molar-refractivity contribution in [3.63, 3.8) is 0 Å². The third-order valence-electron chi connectivity index (χ3n) is 3.54. The molecule has 1 aromatic heterocycles. The van der Waals surface area contributed by atoms with E-state index in [0.717, 1.165) is 5.56 Å². The number of carbonyl (C=O) groups excluding carboxylic acids is 2. The molecule has 0 bridgehead atoms. The predicted octanol–water partition coefficient (Wildman–Crippen LogP) is 3.53. The minimum absolute atomic E-state index is 0.0323. The topological polar surface area (TPSA) is 68.5 Å². The maximum Gasteiger partial charge on any atom is 0.314 e. The van der Waals surface area contributed by atoms with Crippen molar-refractivity contribution >= 4 is 23.5 Å². The molecule has 0 unspecified atom stereocenters. The van der Waals surface area contributed by atoms with E-state index in [1.165, 1.54) is 6.26 Å². The van der Waals surface area contributed by atoms with Gasteiger partial charge in [0.25, 0.3) is 5.91 Å². The summed E-state index contributed by atoms with van der Waals surface area (Å²) in [5.41, 5.74) is 0.815. The Bertz CT molecular complexity index is 665. The first-order valence-corrected chi connectivity index (χ1v) is 8.06. The summed E-state index contributed by atoms with van der Waals surface area (Å²) in [5.74, 6) is -0.584. The number of halogens is 1. The second kappa shape index (κ2) is 8.55. The Labute approximate surface area is 145 Å². The molecule has 0 fully saturated rings. The number of amides is 1. The molecule has 5 nitrogen and oxygen atoms in total. The summed E-state index contributed by atoms with van der Waals surface area (Å²) in [6.07, 6.45) is 1.53. The Hall–Kier alpha value is -2.27. The van der Waals surface area contributed by atoms with Crippen LogP contribution in [-0.4, -0.2) is 18.5 Å². The summed E-state index contributed by atoms with van der Waals surface area (Å²) in [5, 5.41) is 3.23. The monoisotopic (exact) mass is 349 g/mol. The molecule has 2 aromatic rings. The highest BCUT2D eigenvalue weighted by Gasteiger charge is 2.26. The summed E-state index contributed by atoms with van der Waals surface area (Å²) >= 11 is 5.88. The van der Waals surface area contributed by atoms with Crippen molar-refractivity contribution in [2.45, 2.75) is 26.3 Å². The summed E-state index contributed by atoms with van der Waals surface area (Å²) in [4.78, 5) is 24.1. The molecular weight excluding hydrogens is 330 g/mol. The van der Waals surface area contributed by atoms with Gasteiger partial charge in [0.2, 0.25) is 0 Å². The van der Waals surface area contributed by atoms with E-state index in [9.17, 15) is 9.59 Å². The fourth-order valence-electron chi connectivity index (χ4n) is 2.34. The number of carbonyl (C=O) groups is 2. The van der Waals surface area contributed by atoms with Crippen LogP contribution in [0, 0.1) is 5.92 Å². The molecule has 24 heavy (non-hydrogen) atoms. The molecule has 1 atom stereocenters. The second-order valence-electron chi connectivity index (χ2n) is 5.74. The Balaban J connectivity index is 1.88. The first-order valence-electron chi connectivity index (χ1n) is 7.68. The van der Waals surface area contributed by atoms with Gasteiger partial charge in [-0.05, 0) is 35.7 Å². The fourth-order valence-corrected chi connectivity index (χ4v) is 2.47. The molecule has 2 rings (SSSR count). The Morgan fingerprint density at radius 2 is 1.92 bits per heavy atom. The van der Waals surface area contributed by atoms with Crippen molar-refractivity contribution in [3.8, 4) is 0 Å². The van der Waals surface area contributed by atoms with Crippen molar-refractivity contribution in [3.05, 3.63) is 59.0 Å². The normalized spacial score (nSPS) is 12.0. The summed E-state index contributed by atoms with van der Waals surface area (Å²) in [6, 6.07) is 10.5. The van der Waals surface area contributed by atoms with E-state index >= 15 is 0 Å². The molecule has 0 aliphatic rings. The Morgan fingerprint density at radius 3 is 2.50 bits per heavy atom. The molecule has 1 N–H and O–H groups in total. The van der Waals surface area contributed by atoms with Crippen LogP contribution in [0.15, 0.2) is 47.1 Å². The summed E-state index contributed by atoms with van der Waals surface area (Å²) < 4.78 is 10.3. The standard InChI is InChI=1S/C18H20ClNO4/c1-12(2)17(13-5-7-14(19)8-6-13)18(22)24-11-16(21)20-10-15-4-3-9-23-15/h3-9,12,17H,10-11H2,1-2H3,(H,20,21)/t17-/m1/s1. The van der Waals surface area contributed by atoms with Crippen molar-refractivity contribution in [1.82, 2.24) is 5.32 Å². The van der Waals surface area contributed by atoms with Crippen LogP contribution >= 0.6 is 11.6 Å². The highest BCUT2D eigenvalue weighted by atomic mass is 35.5. The molecular formula is C18H20ClNO4. The smallest absolute Gasteiger partial charge is 0.314 e. The van der Waals surface area contributed by atoms with Crippen LogP contribution in [0.3, 0.4) is 0 Å². The zero-order valence-corrected chi connectivity index (χ0v) is 14.4. The molecule has 1 heterocycles. The average Bonchev–Trinajstić information content (AvgIpc) is 3.06. The minimum atomic E-state index is -0.444. The Morgan fingerprint density at radius 1 is 1.21 bits per heavy atom. The first kappa shape index (κ1) is 18.1. The van der Waals surface area contributed by atoms with Gasteiger partial charge in [0.15, 0.2) is 6.61 Å². The summed E-state index contributed by atoms with van der Waals surface area (Å²) in [6.45, 7) is 3.79. The lowest BCUT2D eigenvalue weighted by atomic mass is 9.88. The zero-order chi connectivity index (χ0) is 17.5. The minimum Gasteiger partial charge on any atom is -0.467 e. The number of ether oxygens (including phenoxy) is 1. The van der Waals surface area contributed by atoms with Crippen LogP contribution < -0.4 is 5.32 Å². The van der Waals surface area contributed by atoms with Gasteiger partial charge in [0, 0.05) is 5.02 Å². The molecule has 0 saturated heterocycles. The van der Waals surface area contributed by atoms with Crippen LogP contribution in [0.1, 0.15) is 31.1 Å². The number of nitrogens with one attached hydrogen (secondary N) is 1. The van der Waals surface area contributed by atoms with E-state index in [4.69, 9.17) is 20.8 Å². The van der Waals surface area contributed by atoms with E-state index in [1.54, 1.807) is 36.4 Å². The van der Waals surface area contributed by atoms with Crippen molar-refractivity contribution in [1.29, 1.82) is 0 Å². The maximum atomic E-state index is 12.4. The Kier molecular flexibility index (Phi) is 6.44. The molecule has 0 spiro atoms. The van der Waals surface area contributed by atoms with E-state index in [2.05, 4.69) is 5.32 Å². The van der Waals surface area contributed by atoms with E-state index in [0.29, 0.717) is 10.8 Å². The number of hydrogen-bond acceptors (Lipinski definition) is 4. The van der Waals surface area contributed by atoms with Gasteiger partial charge in [-0.3, -0.25) is 9.59 Å². The van der Waals surface area contributed by atoms with Gasteiger partial charge < -0.3 is 14.5 Å². The van der Waals surface area contributed by atoms with E-state index < -0.39 is 11.9 Å². The molecule has 0 aliphatic carbocycles. The van der Waals surface area contributed by atoms with Gasteiger partial charge in [0.1, 0.15) is 5.76 Å². The number of hydrogen-bond donors (Lipinski definition) is 1. The van der Waals surface area contributed by atoms with Crippen LogP contribution in [-0.2, 0) is 20.9 Å². The molecule has 6 heteroatoms. The molecule has 128 valence electrons. The number of rotatable bonds is 7. The number of furan rings is 1. The molecule has 0 saturated carbocycles. The molecule has 0 aliphatic heterocycles. The predicted molar refractivity (Wildman–Crippen MR) is 90.5 cm³/mol. The van der Waals surface area contributed by atoms with Crippen LogP contribution in [0.4, 0.5) is 0 Å². The lowest BCUT2D eigenvalue weighted by molar-refractivity contribution is -0.151. The fraction of sp³-hybridized carbons (Fsp3) is 0.333. The molecule has 1 aromatic carbocycles. The second-order valence-corrected chi connectivity index (χ2v) is 6.17. The molecule has 0 radical (unpaired) electrons. The van der Waals surface area contributed by atoms with Gasteiger partial charge in [-0.25, -0.2) is 0 Å². The largest absolute Gasteiger partial charge is 0.467 e. The van der Waals surface area contributed by atoms with E-state index in [1.807, 2.05) is 13.8 Å². The van der Waals surface area contributed by atoms with Gasteiger partial charge in [-0.15, -0.1) is 0 Å². The third-order valence-corrected chi connectivity index (χ3v) is 3.79. The van der Waals surface area contributed by atoms with Gasteiger partial charge in [0.05, 0.1) is 18.7 Å². The quantitative estimate of drug-likeness (QED) is 0.776.